The molecule has 0 saturated carbocycles. The van der Waals surface area contributed by atoms with Crippen molar-refractivity contribution < 1.29 is 0 Å². The Morgan fingerprint density at radius 1 is 0.941 bits per heavy atom. The normalized spacial score (nSPS) is 13.9. The molecule has 0 aromatic carbocycles. The van der Waals surface area contributed by atoms with Crippen LogP contribution in [-0.2, 0) is 0 Å². The number of rotatable bonds is 10. The minimum absolute atomic E-state index is 0.769. The Morgan fingerprint density at radius 2 is 1.59 bits per heavy atom. The molecule has 0 saturated heterocycles. The monoisotopic (exact) mass is 243 g/mol. The maximum atomic E-state index is 5.66. The second-order valence-electron chi connectivity index (χ2n) is 5.83. The van der Waals surface area contributed by atoms with Gasteiger partial charge in [-0.2, -0.15) is 0 Å². The van der Waals surface area contributed by atoms with Crippen LogP contribution in [0.5, 0.6) is 0 Å². The summed E-state index contributed by atoms with van der Waals surface area (Å²) in [6.07, 6.45) is 3.80. The molecule has 0 aromatic heterocycles. The maximum Gasteiger partial charge on any atom is 0.0106 e. The summed E-state index contributed by atoms with van der Waals surface area (Å²) < 4.78 is 0. The molecule has 1 unspecified atom stereocenters. The van der Waals surface area contributed by atoms with Crippen molar-refractivity contribution in [1.82, 2.24) is 9.80 Å². The van der Waals surface area contributed by atoms with E-state index in [2.05, 4.69) is 44.8 Å². The fourth-order valence-corrected chi connectivity index (χ4v) is 2.13. The summed E-state index contributed by atoms with van der Waals surface area (Å²) in [5.41, 5.74) is 5.66. The Balaban J connectivity index is 3.65. The van der Waals surface area contributed by atoms with Crippen LogP contribution in [0.4, 0.5) is 0 Å². The number of nitrogens with zero attached hydrogens (tertiary/aromatic N) is 2. The molecule has 0 radical (unpaired) electrons. The van der Waals surface area contributed by atoms with E-state index in [0.29, 0.717) is 0 Å². The highest BCUT2D eigenvalue weighted by Gasteiger charge is 2.12. The van der Waals surface area contributed by atoms with Gasteiger partial charge in [0.2, 0.25) is 0 Å². The molecule has 2 N–H and O–H groups in total. The predicted molar refractivity (Wildman–Crippen MR) is 77.3 cm³/mol. The van der Waals surface area contributed by atoms with E-state index in [-0.39, 0.29) is 0 Å². The molecule has 0 fully saturated rings. The molecule has 0 aliphatic heterocycles. The van der Waals surface area contributed by atoms with Gasteiger partial charge in [-0.05, 0) is 65.3 Å². The van der Waals surface area contributed by atoms with Crippen molar-refractivity contribution in [1.29, 1.82) is 0 Å². The molecule has 3 nitrogen and oxygen atoms in total. The molecule has 0 heterocycles. The summed E-state index contributed by atoms with van der Waals surface area (Å²) in [5.74, 6) is 1.58. The molecular weight excluding hydrogens is 210 g/mol. The van der Waals surface area contributed by atoms with Gasteiger partial charge in [-0.1, -0.05) is 13.8 Å². The van der Waals surface area contributed by atoms with Crippen molar-refractivity contribution in [2.45, 2.75) is 33.1 Å². The van der Waals surface area contributed by atoms with Crippen LogP contribution in [0, 0.1) is 11.8 Å². The Morgan fingerprint density at radius 3 is 2.06 bits per heavy atom. The molecule has 0 aromatic rings. The first-order valence-corrected chi connectivity index (χ1v) is 7.00. The van der Waals surface area contributed by atoms with Gasteiger partial charge in [0, 0.05) is 13.1 Å². The van der Waals surface area contributed by atoms with Gasteiger partial charge < -0.3 is 15.5 Å². The molecular formula is C14H33N3. The molecule has 0 rings (SSSR count). The highest BCUT2D eigenvalue weighted by Crippen LogP contribution is 2.20. The van der Waals surface area contributed by atoms with E-state index in [1.807, 2.05) is 0 Å². The highest BCUT2D eigenvalue weighted by molar-refractivity contribution is 4.65. The van der Waals surface area contributed by atoms with Gasteiger partial charge in [-0.15, -0.1) is 0 Å². The molecule has 0 spiro atoms. The first-order valence-electron chi connectivity index (χ1n) is 7.00. The minimum Gasteiger partial charge on any atom is -0.330 e. The lowest BCUT2D eigenvalue weighted by Crippen LogP contribution is -2.29. The number of hydrogen-bond acceptors (Lipinski definition) is 3. The second kappa shape index (κ2) is 9.86. The third-order valence-corrected chi connectivity index (χ3v) is 3.52. The van der Waals surface area contributed by atoms with Crippen molar-refractivity contribution in [2.75, 3.05) is 47.3 Å². The Bertz CT molecular complexity index is 169. The van der Waals surface area contributed by atoms with Crippen molar-refractivity contribution >= 4 is 0 Å². The fourth-order valence-electron chi connectivity index (χ4n) is 2.13. The quantitative estimate of drug-likeness (QED) is 0.636. The lowest BCUT2D eigenvalue weighted by atomic mass is 9.88. The van der Waals surface area contributed by atoms with Crippen LogP contribution in [0.15, 0.2) is 0 Å². The van der Waals surface area contributed by atoms with E-state index in [1.165, 1.54) is 25.8 Å². The summed E-state index contributed by atoms with van der Waals surface area (Å²) in [6.45, 7) is 8.98. The first kappa shape index (κ1) is 16.9. The van der Waals surface area contributed by atoms with Gasteiger partial charge in [0.05, 0.1) is 0 Å². The summed E-state index contributed by atoms with van der Waals surface area (Å²) in [4.78, 5) is 4.67. The summed E-state index contributed by atoms with van der Waals surface area (Å²) >= 11 is 0. The van der Waals surface area contributed by atoms with Crippen LogP contribution >= 0.6 is 0 Å². The van der Waals surface area contributed by atoms with Crippen molar-refractivity contribution in [3.63, 3.8) is 0 Å². The number of hydrogen-bond donors (Lipinski definition) is 1. The number of likely N-dealkylation sites (N-methyl/N-ethyl adjacent to an activating group) is 2. The van der Waals surface area contributed by atoms with Gasteiger partial charge in [-0.3, -0.25) is 0 Å². The lowest BCUT2D eigenvalue weighted by molar-refractivity contribution is 0.258. The standard InChI is InChI=1S/C14H33N3/c1-13(2)14(8-9-15)7-6-10-17(5)12-11-16(3)4/h13-14H,6-12,15H2,1-5H3. The van der Waals surface area contributed by atoms with Crippen LogP contribution in [0.25, 0.3) is 0 Å². The molecule has 0 amide bonds. The molecule has 3 heteroatoms. The Kier molecular flexibility index (Phi) is 9.79. The molecule has 0 bridgehead atoms. The third kappa shape index (κ3) is 9.57. The minimum atomic E-state index is 0.769. The molecule has 104 valence electrons. The smallest absolute Gasteiger partial charge is 0.0106 e. The van der Waals surface area contributed by atoms with Crippen molar-refractivity contribution in [2.24, 2.45) is 17.6 Å². The van der Waals surface area contributed by atoms with Crippen LogP contribution in [0.1, 0.15) is 33.1 Å². The van der Waals surface area contributed by atoms with E-state index in [0.717, 1.165) is 31.5 Å². The average molecular weight is 243 g/mol. The Hall–Kier alpha value is -0.120. The zero-order valence-electron chi connectivity index (χ0n) is 12.6. The van der Waals surface area contributed by atoms with Crippen LogP contribution in [0.3, 0.4) is 0 Å². The fraction of sp³-hybridized carbons (Fsp3) is 1.00. The van der Waals surface area contributed by atoms with Crippen molar-refractivity contribution in [3.8, 4) is 0 Å². The van der Waals surface area contributed by atoms with Gasteiger partial charge in [0.15, 0.2) is 0 Å². The molecule has 17 heavy (non-hydrogen) atoms. The molecule has 1 atom stereocenters. The number of nitrogens with two attached hydrogens (primary N) is 1. The lowest BCUT2D eigenvalue weighted by Gasteiger charge is -2.23. The summed E-state index contributed by atoms with van der Waals surface area (Å²) in [7, 11) is 6.48. The average Bonchev–Trinajstić information content (AvgIpc) is 2.25. The van der Waals surface area contributed by atoms with Gasteiger partial charge >= 0.3 is 0 Å². The van der Waals surface area contributed by atoms with E-state index in [9.17, 15) is 0 Å². The SMILES string of the molecule is CC(C)C(CCN)CCCN(C)CCN(C)C. The van der Waals surface area contributed by atoms with Crippen LogP contribution in [0.2, 0.25) is 0 Å². The van der Waals surface area contributed by atoms with E-state index < -0.39 is 0 Å². The molecule has 0 aliphatic carbocycles. The van der Waals surface area contributed by atoms with Crippen molar-refractivity contribution in [3.05, 3.63) is 0 Å². The van der Waals surface area contributed by atoms with Gasteiger partial charge in [0.1, 0.15) is 0 Å². The van der Waals surface area contributed by atoms with E-state index in [1.54, 1.807) is 0 Å². The first-order chi connectivity index (χ1) is 7.97. The zero-order chi connectivity index (χ0) is 13.3. The van der Waals surface area contributed by atoms with Crippen LogP contribution in [-0.4, -0.2) is 57.1 Å². The maximum absolute atomic E-state index is 5.66. The largest absolute Gasteiger partial charge is 0.330 e. The third-order valence-electron chi connectivity index (χ3n) is 3.52. The Labute approximate surface area is 108 Å². The molecule has 0 aliphatic rings. The van der Waals surface area contributed by atoms with E-state index in [4.69, 9.17) is 5.73 Å². The summed E-state index contributed by atoms with van der Waals surface area (Å²) in [6, 6.07) is 0. The van der Waals surface area contributed by atoms with Crippen LogP contribution < -0.4 is 5.73 Å². The topological polar surface area (TPSA) is 32.5 Å². The highest BCUT2D eigenvalue weighted by atomic mass is 15.1. The second-order valence-corrected chi connectivity index (χ2v) is 5.83. The zero-order valence-corrected chi connectivity index (χ0v) is 12.6. The van der Waals surface area contributed by atoms with Gasteiger partial charge in [0.25, 0.3) is 0 Å². The van der Waals surface area contributed by atoms with Gasteiger partial charge in [-0.25, -0.2) is 0 Å². The van der Waals surface area contributed by atoms with E-state index >= 15 is 0 Å². The predicted octanol–water partition coefficient (Wildman–Crippen LogP) is 1.88. The summed E-state index contributed by atoms with van der Waals surface area (Å²) in [5, 5.41) is 0.